The average Bonchev–Trinajstić information content (AvgIpc) is 3.29. The monoisotopic (exact) mass is 316 g/mol. The molecule has 0 amide bonds. The molecule has 0 N–H and O–H groups in total. The minimum atomic E-state index is 0.633. The Kier molecular flexibility index (Phi) is 3.67. The highest BCUT2D eigenvalue weighted by atomic mass is 16.3. The number of nitrogens with zero attached hydrogens (tertiary/aromatic N) is 4. The van der Waals surface area contributed by atoms with Gasteiger partial charge in [-0.3, -0.25) is 9.97 Å². The Morgan fingerprint density at radius 2 is 1.92 bits per heavy atom. The number of furan rings is 1. The van der Waals surface area contributed by atoms with Gasteiger partial charge in [0.25, 0.3) is 0 Å². The maximum absolute atomic E-state index is 5.48. The first-order valence-corrected chi connectivity index (χ1v) is 7.72. The van der Waals surface area contributed by atoms with E-state index in [0.717, 1.165) is 34.1 Å². The lowest BCUT2D eigenvalue weighted by Crippen LogP contribution is -2.03. The molecule has 118 valence electrons. The van der Waals surface area contributed by atoms with Gasteiger partial charge in [0.15, 0.2) is 0 Å². The second kappa shape index (κ2) is 6.12. The zero-order chi connectivity index (χ0) is 16.4. The van der Waals surface area contributed by atoms with Crippen molar-refractivity contribution in [3.63, 3.8) is 0 Å². The second-order valence-electron chi connectivity index (χ2n) is 5.59. The predicted octanol–water partition coefficient (Wildman–Crippen LogP) is 3.96. The van der Waals surface area contributed by atoms with Crippen molar-refractivity contribution in [3.8, 4) is 22.7 Å². The summed E-state index contributed by atoms with van der Waals surface area (Å²) in [4.78, 5) is 13.2. The Balaban J connectivity index is 1.67. The molecule has 0 atom stereocenters. The van der Waals surface area contributed by atoms with Crippen LogP contribution in [0, 0.1) is 6.92 Å². The van der Waals surface area contributed by atoms with Gasteiger partial charge in [-0.2, -0.15) is 0 Å². The highest BCUT2D eigenvalue weighted by molar-refractivity contribution is 5.67. The number of aryl methyl sites for hydroxylation is 1. The average molecular weight is 316 g/mol. The summed E-state index contributed by atoms with van der Waals surface area (Å²) in [6, 6.07) is 12.0. The van der Waals surface area contributed by atoms with Gasteiger partial charge >= 0.3 is 0 Å². The lowest BCUT2D eigenvalue weighted by molar-refractivity contribution is 0.582. The standard InChI is InChI=1S/C19H16N4O/c1-14-11-22-17(12-21-14)13-23-8-7-20-19(23)16-5-2-4-15(10-16)18-6-3-9-24-18/h2-12H,13H2,1H3. The third kappa shape index (κ3) is 2.84. The Hall–Kier alpha value is -3.21. The number of hydrogen-bond acceptors (Lipinski definition) is 4. The van der Waals surface area contributed by atoms with Gasteiger partial charge < -0.3 is 8.98 Å². The maximum Gasteiger partial charge on any atom is 0.140 e. The Morgan fingerprint density at radius 1 is 1.00 bits per heavy atom. The topological polar surface area (TPSA) is 56.7 Å². The molecule has 3 aromatic heterocycles. The van der Waals surface area contributed by atoms with Crippen molar-refractivity contribution in [2.45, 2.75) is 13.5 Å². The number of benzene rings is 1. The van der Waals surface area contributed by atoms with E-state index < -0.39 is 0 Å². The number of hydrogen-bond donors (Lipinski definition) is 0. The van der Waals surface area contributed by atoms with E-state index >= 15 is 0 Å². The number of rotatable bonds is 4. The molecular weight excluding hydrogens is 300 g/mol. The maximum atomic E-state index is 5.48. The SMILES string of the molecule is Cc1cnc(Cn2ccnc2-c2cccc(-c3ccco3)c2)cn1. The van der Waals surface area contributed by atoms with Crippen molar-refractivity contribution in [1.29, 1.82) is 0 Å². The Morgan fingerprint density at radius 3 is 2.71 bits per heavy atom. The van der Waals surface area contributed by atoms with Crippen molar-refractivity contribution < 1.29 is 4.42 Å². The summed E-state index contributed by atoms with van der Waals surface area (Å²) < 4.78 is 7.55. The van der Waals surface area contributed by atoms with Crippen LogP contribution in [0.5, 0.6) is 0 Å². The molecular formula is C19H16N4O. The van der Waals surface area contributed by atoms with Crippen LogP contribution < -0.4 is 0 Å². The van der Waals surface area contributed by atoms with Crippen LogP contribution >= 0.6 is 0 Å². The fourth-order valence-corrected chi connectivity index (χ4v) is 2.63. The van der Waals surface area contributed by atoms with Crippen molar-refractivity contribution in [2.75, 3.05) is 0 Å². The molecule has 0 aliphatic heterocycles. The van der Waals surface area contributed by atoms with E-state index in [1.54, 1.807) is 24.9 Å². The van der Waals surface area contributed by atoms with E-state index in [2.05, 4.69) is 25.6 Å². The molecule has 0 saturated carbocycles. The van der Waals surface area contributed by atoms with E-state index in [1.165, 1.54) is 0 Å². The van der Waals surface area contributed by atoms with E-state index in [1.807, 2.05) is 43.5 Å². The zero-order valence-electron chi connectivity index (χ0n) is 13.3. The van der Waals surface area contributed by atoms with Crippen molar-refractivity contribution in [3.05, 3.63) is 78.8 Å². The minimum absolute atomic E-state index is 0.633. The highest BCUT2D eigenvalue weighted by Crippen LogP contribution is 2.26. The van der Waals surface area contributed by atoms with Crippen molar-refractivity contribution in [1.82, 2.24) is 19.5 Å². The van der Waals surface area contributed by atoms with E-state index in [9.17, 15) is 0 Å². The fourth-order valence-electron chi connectivity index (χ4n) is 2.63. The van der Waals surface area contributed by atoms with Crippen LogP contribution in [-0.4, -0.2) is 19.5 Å². The number of aromatic nitrogens is 4. The smallest absolute Gasteiger partial charge is 0.140 e. The molecule has 4 rings (SSSR count). The van der Waals surface area contributed by atoms with Gasteiger partial charge in [-0.25, -0.2) is 4.98 Å². The summed E-state index contributed by atoms with van der Waals surface area (Å²) in [5, 5.41) is 0. The van der Waals surface area contributed by atoms with E-state index in [0.29, 0.717) is 6.54 Å². The molecule has 24 heavy (non-hydrogen) atoms. The van der Waals surface area contributed by atoms with Gasteiger partial charge in [-0.05, 0) is 25.1 Å². The molecule has 0 spiro atoms. The summed E-state index contributed by atoms with van der Waals surface area (Å²) in [5.41, 5.74) is 3.88. The molecule has 1 aromatic carbocycles. The lowest BCUT2D eigenvalue weighted by Gasteiger charge is -2.08. The van der Waals surface area contributed by atoms with Crippen LogP contribution in [0.25, 0.3) is 22.7 Å². The molecule has 5 heteroatoms. The molecule has 0 unspecified atom stereocenters. The molecule has 5 nitrogen and oxygen atoms in total. The molecule has 0 aliphatic carbocycles. The first-order chi connectivity index (χ1) is 11.8. The highest BCUT2D eigenvalue weighted by Gasteiger charge is 2.09. The van der Waals surface area contributed by atoms with Crippen molar-refractivity contribution >= 4 is 0 Å². The van der Waals surface area contributed by atoms with Gasteiger partial charge in [0.1, 0.15) is 11.6 Å². The molecule has 0 saturated heterocycles. The molecule has 3 heterocycles. The second-order valence-corrected chi connectivity index (χ2v) is 5.59. The van der Waals surface area contributed by atoms with Gasteiger partial charge in [0.05, 0.1) is 30.4 Å². The van der Waals surface area contributed by atoms with Crippen molar-refractivity contribution in [2.24, 2.45) is 0 Å². The van der Waals surface area contributed by atoms with Crippen LogP contribution in [0.1, 0.15) is 11.4 Å². The lowest BCUT2D eigenvalue weighted by atomic mass is 10.1. The summed E-state index contributed by atoms with van der Waals surface area (Å²) in [5.74, 6) is 1.74. The van der Waals surface area contributed by atoms with Crippen LogP contribution in [0.3, 0.4) is 0 Å². The van der Waals surface area contributed by atoms with Gasteiger partial charge in [0, 0.05) is 29.7 Å². The first-order valence-electron chi connectivity index (χ1n) is 7.72. The third-order valence-electron chi connectivity index (χ3n) is 3.81. The van der Waals surface area contributed by atoms with E-state index in [4.69, 9.17) is 4.42 Å². The Labute approximate surface area is 139 Å². The largest absolute Gasteiger partial charge is 0.464 e. The molecule has 0 bridgehead atoms. The summed E-state index contributed by atoms with van der Waals surface area (Å²) in [6.07, 6.45) is 9.02. The molecule has 0 aliphatic rings. The van der Waals surface area contributed by atoms with E-state index in [-0.39, 0.29) is 0 Å². The summed E-state index contributed by atoms with van der Waals surface area (Å²) in [7, 11) is 0. The first kappa shape index (κ1) is 14.4. The summed E-state index contributed by atoms with van der Waals surface area (Å²) >= 11 is 0. The molecule has 0 fully saturated rings. The minimum Gasteiger partial charge on any atom is -0.464 e. The molecule has 0 radical (unpaired) electrons. The van der Waals surface area contributed by atoms with Crippen LogP contribution in [0.15, 0.2) is 71.9 Å². The normalized spacial score (nSPS) is 10.9. The van der Waals surface area contributed by atoms with Gasteiger partial charge in [-0.15, -0.1) is 0 Å². The van der Waals surface area contributed by atoms with Gasteiger partial charge in [0.2, 0.25) is 0 Å². The number of imidazole rings is 1. The predicted molar refractivity (Wildman–Crippen MR) is 91.2 cm³/mol. The summed E-state index contributed by atoms with van der Waals surface area (Å²) in [6.45, 7) is 2.56. The quantitative estimate of drug-likeness (QED) is 0.572. The Bertz CT molecular complexity index is 940. The zero-order valence-corrected chi connectivity index (χ0v) is 13.3. The van der Waals surface area contributed by atoms with Crippen LogP contribution in [0.4, 0.5) is 0 Å². The van der Waals surface area contributed by atoms with Crippen LogP contribution in [-0.2, 0) is 6.54 Å². The third-order valence-corrected chi connectivity index (χ3v) is 3.81. The fraction of sp³-hybridized carbons (Fsp3) is 0.105. The van der Waals surface area contributed by atoms with Crippen LogP contribution in [0.2, 0.25) is 0 Å². The van der Waals surface area contributed by atoms with Gasteiger partial charge in [-0.1, -0.05) is 18.2 Å². The molecule has 4 aromatic rings.